The molecule has 1 aromatic carbocycles. The van der Waals surface area contributed by atoms with Crippen LogP contribution in [0.2, 0.25) is 0 Å². The molecule has 1 amide bonds. The van der Waals surface area contributed by atoms with Crippen molar-refractivity contribution in [2.24, 2.45) is 5.92 Å². The van der Waals surface area contributed by atoms with E-state index in [1.807, 2.05) is 24.3 Å². The van der Waals surface area contributed by atoms with Crippen LogP contribution in [0.5, 0.6) is 5.75 Å². The molecule has 1 unspecified atom stereocenters. The number of ether oxygens (including phenoxy) is 2. The molecule has 0 bridgehead atoms. The number of nitrogens with one attached hydrogen (secondary N) is 1. The van der Waals surface area contributed by atoms with Gasteiger partial charge in [0.2, 0.25) is 5.91 Å². The highest BCUT2D eigenvalue weighted by Gasteiger charge is 2.25. The monoisotopic (exact) mass is 317 g/mol. The van der Waals surface area contributed by atoms with E-state index in [0.29, 0.717) is 19.3 Å². The van der Waals surface area contributed by atoms with Gasteiger partial charge in [0.25, 0.3) is 0 Å². The van der Waals surface area contributed by atoms with Crippen molar-refractivity contribution in [1.29, 1.82) is 0 Å². The number of fused-ring (bicyclic) bond motifs is 1. The van der Waals surface area contributed by atoms with E-state index in [1.165, 1.54) is 32.1 Å². The van der Waals surface area contributed by atoms with Gasteiger partial charge in [-0.15, -0.1) is 0 Å². The molecule has 1 aliphatic heterocycles. The summed E-state index contributed by atoms with van der Waals surface area (Å²) in [6.45, 7) is 1.90. The van der Waals surface area contributed by atoms with Crippen LogP contribution in [-0.4, -0.2) is 31.8 Å². The predicted molar refractivity (Wildman–Crippen MR) is 89.6 cm³/mol. The molecule has 1 fully saturated rings. The van der Waals surface area contributed by atoms with Gasteiger partial charge < -0.3 is 14.8 Å². The maximum absolute atomic E-state index is 12.2. The molecule has 3 rings (SSSR count). The minimum absolute atomic E-state index is 0.0795. The zero-order chi connectivity index (χ0) is 15.9. The van der Waals surface area contributed by atoms with Crippen LogP contribution in [0.25, 0.3) is 0 Å². The molecule has 2 aliphatic rings. The first kappa shape index (κ1) is 16.3. The van der Waals surface area contributed by atoms with Crippen molar-refractivity contribution in [1.82, 2.24) is 5.32 Å². The second-order valence-corrected chi connectivity index (χ2v) is 6.60. The quantitative estimate of drug-likeness (QED) is 0.820. The summed E-state index contributed by atoms with van der Waals surface area (Å²) in [4.78, 5) is 12.2. The Kier molecular flexibility index (Phi) is 5.92. The lowest BCUT2D eigenvalue weighted by atomic mass is 9.96. The molecule has 23 heavy (non-hydrogen) atoms. The Morgan fingerprint density at radius 1 is 1.22 bits per heavy atom. The minimum atomic E-state index is -0.0795. The van der Waals surface area contributed by atoms with Gasteiger partial charge in [-0.25, -0.2) is 0 Å². The summed E-state index contributed by atoms with van der Waals surface area (Å²) < 4.78 is 11.6. The van der Waals surface area contributed by atoms with E-state index in [9.17, 15) is 4.79 Å². The highest BCUT2D eigenvalue weighted by molar-refractivity contribution is 5.79. The Morgan fingerprint density at radius 2 is 2.04 bits per heavy atom. The first-order chi connectivity index (χ1) is 11.3. The summed E-state index contributed by atoms with van der Waals surface area (Å²) in [6.07, 6.45) is 8.43. The van der Waals surface area contributed by atoms with Crippen LogP contribution < -0.4 is 10.1 Å². The first-order valence-electron chi connectivity index (χ1n) is 8.93. The largest absolute Gasteiger partial charge is 0.492 e. The fourth-order valence-electron chi connectivity index (χ4n) is 3.41. The lowest BCUT2D eigenvalue weighted by Crippen LogP contribution is -2.38. The van der Waals surface area contributed by atoms with E-state index < -0.39 is 0 Å². The number of carbonyl (C=O) groups excluding carboxylic acids is 1. The zero-order valence-corrected chi connectivity index (χ0v) is 13.8. The number of rotatable bonds is 6. The molecule has 1 saturated carbocycles. The van der Waals surface area contributed by atoms with Gasteiger partial charge in [0.15, 0.2) is 0 Å². The Balaban J connectivity index is 1.32. The van der Waals surface area contributed by atoms with E-state index in [4.69, 9.17) is 9.47 Å². The molecular formula is C19H27NO3. The number of hydrogen-bond acceptors (Lipinski definition) is 3. The van der Waals surface area contributed by atoms with Gasteiger partial charge in [0, 0.05) is 13.2 Å². The SMILES string of the molecule is O=C(NCCCOC1CCCCC1)C1COc2ccccc2C1. The maximum Gasteiger partial charge on any atom is 0.226 e. The van der Waals surface area contributed by atoms with Crippen LogP contribution in [0.15, 0.2) is 24.3 Å². The molecule has 4 heteroatoms. The normalized spacial score (nSPS) is 21.3. The van der Waals surface area contributed by atoms with E-state index in [0.717, 1.165) is 30.8 Å². The highest BCUT2D eigenvalue weighted by atomic mass is 16.5. The standard InChI is InChI=1S/C19H27NO3/c21-19(16-13-15-7-4-5-10-18(15)23-14-16)20-11-6-12-22-17-8-2-1-3-9-17/h4-5,7,10,16-17H,1-3,6,8-9,11-14H2,(H,20,21). The molecule has 0 spiro atoms. The number of benzene rings is 1. The van der Waals surface area contributed by atoms with Crippen LogP contribution in [0.1, 0.15) is 44.1 Å². The van der Waals surface area contributed by atoms with Crippen molar-refractivity contribution < 1.29 is 14.3 Å². The Bertz CT molecular complexity index is 511. The summed E-state index contributed by atoms with van der Waals surface area (Å²) in [6, 6.07) is 7.95. The summed E-state index contributed by atoms with van der Waals surface area (Å²) in [5.41, 5.74) is 1.12. The van der Waals surface area contributed by atoms with Gasteiger partial charge in [-0.05, 0) is 37.3 Å². The van der Waals surface area contributed by atoms with E-state index in [2.05, 4.69) is 5.32 Å². The van der Waals surface area contributed by atoms with Gasteiger partial charge in [0.05, 0.1) is 12.0 Å². The van der Waals surface area contributed by atoms with Crippen molar-refractivity contribution >= 4 is 5.91 Å². The Labute approximate surface area is 138 Å². The summed E-state index contributed by atoms with van der Waals surface area (Å²) in [7, 11) is 0. The molecule has 0 aromatic heterocycles. The molecular weight excluding hydrogens is 290 g/mol. The minimum Gasteiger partial charge on any atom is -0.492 e. The predicted octanol–water partition coefficient (Wildman–Crippen LogP) is 3.09. The van der Waals surface area contributed by atoms with Crippen LogP contribution in [0, 0.1) is 5.92 Å². The number of carbonyl (C=O) groups is 1. The smallest absolute Gasteiger partial charge is 0.226 e. The van der Waals surface area contributed by atoms with Gasteiger partial charge in [0.1, 0.15) is 12.4 Å². The Hall–Kier alpha value is -1.55. The van der Waals surface area contributed by atoms with Crippen molar-refractivity contribution in [2.75, 3.05) is 19.8 Å². The fraction of sp³-hybridized carbons (Fsp3) is 0.632. The zero-order valence-electron chi connectivity index (χ0n) is 13.8. The number of amides is 1. The first-order valence-corrected chi connectivity index (χ1v) is 8.93. The van der Waals surface area contributed by atoms with Crippen LogP contribution in [0.4, 0.5) is 0 Å². The van der Waals surface area contributed by atoms with Crippen molar-refractivity contribution in [3.63, 3.8) is 0 Å². The molecule has 1 N–H and O–H groups in total. The fourth-order valence-corrected chi connectivity index (χ4v) is 3.41. The van der Waals surface area contributed by atoms with Crippen LogP contribution >= 0.6 is 0 Å². The lowest BCUT2D eigenvalue weighted by molar-refractivity contribution is -0.126. The van der Waals surface area contributed by atoms with Crippen molar-refractivity contribution in [3.8, 4) is 5.75 Å². The molecule has 1 atom stereocenters. The summed E-state index contributed by atoms with van der Waals surface area (Å²) >= 11 is 0. The van der Waals surface area contributed by atoms with Gasteiger partial charge in [-0.1, -0.05) is 37.5 Å². The summed E-state index contributed by atoms with van der Waals surface area (Å²) in [5.74, 6) is 0.929. The van der Waals surface area contributed by atoms with E-state index in [-0.39, 0.29) is 11.8 Å². The molecule has 0 saturated heterocycles. The van der Waals surface area contributed by atoms with E-state index >= 15 is 0 Å². The topological polar surface area (TPSA) is 47.6 Å². The molecule has 1 aliphatic carbocycles. The average molecular weight is 317 g/mol. The number of hydrogen-bond donors (Lipinski definition) is 1. The van der Waals surface area contributed by atoms with Gasteiger partial charge in [-0.3, -0.25) is 4.79 Å². The highest BCUT2D eigenvalue weighted by Crippen LogP contribution is 2.26. The molecule has 1 aromatic rings. The number of para-hydroxylation sites is 1. The van der Waals surface area contributed by atoms with Crippen molar-refractivity contribution in [2.45, 2.75) is 51.0 Å². The molecule has 1 heterocycles. The van der Waals surface area contributed by atoms with Crippen molar-refractivity contribution in [3.05, 3.63) is 29.8 Å². The third-order valence-electron chi connectivity index (χ3n) is 4.78. The summed E-state index contributed by atoms with van der Waals surface area (Å²) in [5, 5.41) is 3.02. The Morgan fingerprint density at radius 3 is 2.91 bits per heavy atom. The molecule has 0 radical (unpaired) electrons. The third-order valence-corrected chi connectivity index (χ3v) is 4.78. The van der Waals surface area contributed by atoms with Crippen LogP contribution in [0.3, 0.4) is 0 Å². The van der Waals surface area contributed by atoms with Crippen LogP contribution in [-0.2, 0) is 16.0 Å². The lowest BCUT2D eigenvalue weighted by Gasteiger charge is -2.24. The molecule has 126 valence electrons. The third kappa shape index (κ3) is 4.71. The molecule has 4 nitrogen and oxygen atoms in total. The average Bonchev–Trinajstić information content (AvgIpc) is 2.61. The maximum atomic E-state index is 12.2. The van der Waals surface area contributed by atoms with Gasteiger partial charge >= 0.3 is 0 Å². The van der Waals surface area contributed by atoms with Gasteiger partial charge in [-0.2, -0.15) is 0 Å². The second kappa shape index (κ2) is 8.34. The van der Waals surface area contributed by atoms with E-state index in [1.54, 1.807) is 0 Å². The second-order valence-electron chi connectivity index (χ2n) is 6.60.